The molecule has 0 aromatic heterocycles. The van der Waals surface area contributed by atoms with E-state index in [2.05, 4.69) is 0 Å². The van der Waals surface area contributed by atoms with E-state index >= 15 is 0 Å². The van der Waals surface area contributed by atoms with E-state index in [1.165, 1.54) is 0 Å². The van der Waals surface area contributed by atoms with Gasteiger partial charge >= 0.3 is 6.16 Å². The van der Waals surface area contributed by atoms with Crippen molar-refractivity contribution in [2.75, 3.05) is 6.61 Å². The van der Waals surface area contributed by atoms with Crippen LogP contribution in [0.2, 0.25) is 0 Å². The van der Waals surface area contributed by atoms with Gasteiger partial charge < -0.3 is 15.2 Å². The molecule has 4 nitrogen and oxygen atoms in total. The maximum absolute atomic E-state index is 11.1. The molecule has 0 aromatic rings. The lowest BCUT2D eigenvalue weighted by atomic mass is 10.0. The minimum Gasteiger partial charge on any atom is -0.435 e. The summed E-state index contributed by atoms with van der Waals surface area (Å²) in [5.41, 5.74) is 5.85. The molecule has 0 fully saturated rings. The first-order valence-electron chi connectivity index (χ1n) is 5.48. The number of hydrogen-bond donors (Lipinski definition) is 1. The standard InChI is InChI=1S/C11H19NO3/c1-2-14-11(13)15-10-6-4-3-5-9(12)7-8-10/h4,6,9-10H,2-3,5,7-8,12H2,1H3. The highest BCUT2D eigenvalue weighted by Crippen LogP contribution is 2.14. The summed E-state index contributed by atoms with van der Waals surface area (Å²) in [6.07, 6.45) is 6.76. The minimum atomic E-state index is -0.596. The Kier molecular flexibility index (Phi) is 5.18. The zero-order valence-electron chi connectivity index (χ0n) is 9.15. The highest BCUT2D eigenvalue weighted by Gasteiger charge is 2.15. The Bertz CT molecular complexity index is 228. The second kappa shape index (κ2) is 6.45. The summed E-state index contributed by atoms with van der Waals surface area (Å²) in [5, 5.41) is 0. The van der Waals surface area contributed by atoms with Crippen LogP contribution in [0.1, 0.15) is 32.6 Å². The third-order valence-corrected chi connectivity index (χ3v) is 2.39. The molecule has 2 unspecified atom stereocenters. The van der Waals surface area contributed by atoms with E-state index < -0.39 is 6.16 Å². The number of hydrogen-bond acceptors (Lipinski definition) is 4. The lowest BCUT2D eigenvalue weighted by molar-refractivity contribution is 0.0368. The Morgan fingerprint density at radius 2 is 2.27 bits per heavy atom. The molecule has 0 heterocycles. The first-order chi connectivity index (χ1) is 7.22. The van der Waals surface area contributed by atoms with Crippen LogP contribution in [0.25, 0.3) is 0 Å². The topological polar surface area (TPSA) is 61.5 Å². The Balaban J connectivity index is 2.38. The zero-order valence-corrected chi connectivity index (χ0v) is 9.15. The van der Waals surface area contributed by atoms with Crippen molar-refractivity contribution in [3.05, 3.63) is 12.2 Å². The van der Waals surface area contributed by atoms with Crippen molar-refractivity contribution >= 4 is 6.16 Å². The number of carbonyl (C=O) groups is 1. The van der Waals surface area contributed by atoms with Crippen molar-refractivity contribution in [2.45, 2.75) is 44.8 Å². The fourth-order valence-corrected chi connectivity index (χ4v) is 1.55. The molecular weight excluding hydrogens is 194 g/mol. The second-order valence-electron chi connectivity index (χ2n) is 3.68. The maximum Gasteiger partial charge on any atom is 0.508 e. The van der Waals surface area contributed by atoms with Gasteiger partial charge in [0.05, 0.1) is 6.61 Å². The van der Waals surface area contributed by atoms with E-state index in [1.807, 2.05) is 12.2 Å². The molecule has 86 valence electrons. The van der Waals surface area contributed by atoms with E-state index in [0.29, 0.717) is 6.61 Å². The Morgan fingerprint density at radius 1 is 1.47 bits per heavy atom. The largest absolute Gasteiger partial charge is 0.508 e. The van der Waals surface area contributed by atoms with Crippen molar-refractivity contribution in [1.82, 2.24) is 0 Å². The molecule has 0 saturated heterocycles. The number of ether oxygens (including phenoxy) is 2. The molecular formula is C11H19NO3. The number of carbonyl (C=O) groups excluding carboxylic acids is 1. The summed E-state index contributed by atoms with van der Waals surface area (Å²) in [6.45, 7) is 2.10. The van der Waals surface area contributed by atoms with Crippen LogP contribution in [0.5, 0.6) is 0 Å². The average molecular weight is 213 g/mol. The van der Waals surface area contributed by atoms with Gasteiger partial charge in [-0.1, -0.05) is 6.08 Å². The smallest absolute Gasteiger partial charge is 0.435 e. The minimum absolute atomic E-state index is 0.185. The zero-order chi connectivity index (χ0) is 11.1. The molecule has 2 atom stereocenters. The quantitative estimate of drug-likeness (QED) is 0.563. The molecule has 0 saturated carbocycles. The van der Waals surface area contributed by atoms with Crippen LogP contribution in [0.3, 0.4) is 0 Å². The van der Waals surface area contributed by atoms with Gasteiger partial charge in [-0.15, -0.1) is 0 Å². The summed E-state index contributed by atoms with van der Waals surface area (Å²) < 4.78 is 9.83. The van der Waals surface area contributed by atoms with Crippen molar-refractivity contribution in [1.29, 1.82) is 0 Å². The molecule has 2 N–H and O–H groups in total. The first kappa shape index (κ1) is 12.0. The van der Waals surface area contributed by atoms with Crippen LogP contribution in [0.15, 0.2) is 12.2 Å². The van der Waals surface area contributed by atoms with Crippen LogP contribution in [0.4, 0.5) is 4.79 Å². The second-order valence-corrected chi connectivity index (χ2v) is 3.68. The predicted molar refractivity (Wildman–Crippen MR) is 57.5 cm³/mol. The summed E-state index contributed by atoms with van der Waals surface area (Å²) in [6, 6.07) is 0.211. The van der Waals surface area contributed by atoms with Crippen LogP contribution in [-0.4, -0.2) is 24.9 Å². The molecule has 1 aliphatic carbocycles. The third-order valence-electron chi connectivity index (χ3n) is 2.39. The monoisotopic (exact) mass is 213 g/mol. The van der Waals surface area contributed by atoms with Crippen LogP contribution >= 0.6 is 0 Å². The maximum atomic E-state index is 11.1. The molecule has 1 rings (SSSR count). The van der Waals surface area contributed by atoms with Gasteiger partial charge in [-0.05, 0) is 38.7 Å². The fraction of sp³-hybridized carbons (Fsp3) is 0.727. The molecule has 1 aliphatic rings. The van der Waals surface area contributed by atoms with E-state index in [4.69, 9.17) is 15.2 Å². The Hall–Kier alpha value is -1.03. The van der Waals surface area contributed by atoms with E-state index in [-0.39, 0.29) is 12.1 Å². The molecule has 4 heteroatoms. The molecule has 0 aliphatic heterocycles. The summed E-state index contributed by atoms with van der Waals surface area (Å²) in [5.74, 6) is 0. The van der Waals surface area contributed by atoms with Gasteiger partial charge in [0.25, 0.3) is 0 Å². The lowest BCUT2D eigenvalue weighted by Gasteiger charge is -2.18. The van der Waals surface area contributed by atoms with E-state index in [9.17, 15) is 4.79 Å². The fourth-order valence-electron chi connectivity index (χ4n) is 1.55. The molecule has 0 radical (unpaired) electrons. The highest BCUT2D eigenvalue weighted by molar-refractivity contribution is 5.60. The van der Waals surface area contributed by atoms with Crippen LogP contribution in [-0.2, 0) is 9.47 Å². The van der Waals surface area contributed by atoms with Gasteiger partial charge in [-0.25, -0.2) is 4.79 Å². The van der Waals surface area contributed by atoms with Gasteiger partial charge in [-0.2, -0.15) is 0 Å². The number of nitrogens with two attached hydrogens (primary N) is 1. The van der Waals surface area contributed by atoms with Crippen molar-refractivity contribution in [3.63, 3.8) is 0 Å². The van der Waals surface area contributed by atoms with Gasteiger partial charge in [0, 0.05) is 6.04 Å². The molecule has 15 heavy (non-hydrogen) atoms. The van der Waals surface area contributed by atoms with Crippen molar-refractivity contribution in [2.24, 2.45) is 5.73 Å². The average Bonchev–Trinajstić information content (AvgIpc) is 2.17. The van der Waals surface area contributed by atoms with Crippen LogP contribution < -0.4 is 5.73 Å². The normalized spacial score (nSPS) is 26.5. The third kappa shape index (κ3) is 4.83. The molecule has 0 bridgehead atoms. The number of rotatable bonds is 2. The Labute approximate surface area is 90.4 Å². The molecule has 0 aromatic carbocycles. The van der Waals surface area contributed by atoms with Gasteiger partial charge in [-0.3, -0.25) is 0 Å². The van der Waals surface area contributed by atoms with E-state index in [1.54, 1.807) is 6.92 Å². The van der Waals surface area contributed by atoms with Crippen molar-refractivity contribution < 1.29 is 14.3 Å². The lowest BCUT2D eigenvalue weighted by Crippen LogP contribution is -2.25. The van der Waals surface area contributed by atoms with E-state index in [0.717, 1.165) is 25.7 Å². The van der Waals surface area contributed by atoms with Gasteiger partial charge in [0.2, 0.25) is 0 Å². The summed E-state index contributed by atoms with van der Waals surface area (Å²) in [7, 11) is 0. The summed E-state index contributed by atoms with van der Waals surface area (Å²) in [4.78, 5) is 11.1. The number of allylic oxidation sites excluding steroid dienone is 1. The Morgan fingerprint density at radius 3 is 3.00 bits per heavy atom. The molecule has 0 spiro atoms. The highest BCUT2D eigenvalue weighted by atomic mass is 16.7. The molecule has 0 amide bonds. The van der Waals surface area contributed by atoms with Gasteiger partial charge in [0.1, 0.15) is 6.10 Å². The predicted octanol–water partition coefficient (Wildman–Crippen LogP) is 1.99. The van der Waals surface area contributed by atoms with Crippen molar-refractivity contribution in [3.8, 4) is 0 Å². The first-order valence-corrected chi connectivity index (χ1v) is 5.48. The van der Waals surface area contributed by atoms with Gasteiger partial charge in [0.15, 0.2) is 0 Å². The van der Waals surface area contributed by atoms with Crippen LogP contribution in [0, 0.1) is 0 Å². The summed E-state index contributed by atoms with van der Waals surface area (Å²) >= 11 is 0. The SMILES string of the molecule is CCOC(=O)OC1C=CCCC(N)CC1.